The first-order valence-corrected chi connectivity index (χ1v) is 4.71. The molecule has 2 nitrogen and oxygen atoms in total. The molecular weight excluding hydrogens is 160 g/mol. The zero-order chi connectivity index (χ0) is 9.42. The average molecular weight is 176 g/mol. The second-order valence-corrected chi connectivity index (χ2v) is 3.79. The third kappa shape index (κ3) is 1.31. The molecule has 0 spiro atoms. The first-order valence-electron chi connectivity index (χ1n) is 4.71. The lowest BCUT2D eigenvalue weighted by molar-refractivity contribution is 0.234. The van der Waals surface area contributed by atoms with Crippen molar-refractivity contribution in [3.63, 3.8) is 0 Å². The molecule has 0 N–H and O–H groups in total. The molecule has 0 saturated heterocycles. The number of hydrogen-bond acceptors (Lipinski definition) is 2. The molecule has 1 aliphatic heterocycles. The number of hydrogen-bond donors (Lipinski definition) is 0. The van der Waals surface area contributed by atoms with Crippen molar-refractivity contribution in [2.45, 2.75) is 19.6 Å². The van der Waals surface area contributed by atoms with Crippen LogP contribution in [0.5, 0.6) is 0 Å². The van der Waals surface area contributed by atoms with Gasteiger partial charge in [0.25, 0.3) is 0 Å². The molecular formula is C11H16N2. The Morgan fingerprint density at radius 3 is 2.69 bits per heavy atom. The van der Waals surface area contributed by atoms with Crippen LogP contribution in [0, 0.1) is 0 Å². The van der Waals surface area contributed by atoms with Crippen molar-refractivity contribution in [2.75, 3.05) is 19.0 Å². The highest BCUT2D eigenvalue weighted by Crippen LogP contribution is 2.27. The molecule has 0 bridgehead atoms. The summed E-state index contributed by atoms with van der Waals surface area (Å²) in [6.45, 7) is 3.29. The molecule has 0 unspecified atom stereocenters. The number of anilines is 1. The van der Waals surface area contributed by atoms with E-state index < -0.39 is 0 Å². The van der Waals surface area contributed by atoms with Crippen LogP contribution in [0.15, 0.2) is 24.3 Å². The predicted molar refractivity (Wildman–Crippen MR) is 55.8 cm³/mol. The molecule has 0 aromatic heterocycles. The van der Waals surface area contributed by atoms with E-state index in [0.29, 0.717) is 6.17 Å². The molecule has 70 valence electrons. The summed E-state index contributed by atoms with van der Waals surface area (Å²) in [5.41, 5.74) is 2.79. The van der Waals surface area contributed by atoms with Crippen LogP contribution in [0.4, 0.5) is 5.69 Å². The summed E-state index contributed by atoms with van der Waals surface area (Å²) in [7, 11) is 4.32. The smallest absolute Gasteiger partial charge is 0.0789 e. The minimum atomic E-state index is 0.495. The van der Waals surface area contributed by atoms with E-state index in [4.69, 9.17) is 0 Å². The predicted octanol–water partition coefficient (Wildman–Crippen LogP) is 1.91. The van der Waals surface area contributed by atoms with Gasteiger partial charge < -0.3 is 4.90 Å². The molecule has 2 rings (SSSR count). The van der Waals surface area contributed by atoms with Crippen LogP contribution < -0.4 is 4.90 Å². The summed E-state index contributed by atoms with van der Waals surface area (Å²) in [5.74, 6) is 0. The van der Waals surface area contributed by atoms with E-state index >= 15 is 0 Å². The van der Waals surface area contributed by atoms with Crippen molar-refractivity contribution >= 4 is 5.69 Å². The lowest BCUT2D eigenvalue weighted by Crippen LogP contribution is -2.46. The summed E-state index contributed by atoms with van der Waals surface area (Å²) >= 11 is 0. The minimum absolute atomic E-state index is 0.495. The van der Waals surface area contributed by atoms with Gasteiger partial charge in [-0.25, -0.2) is 0 Å². The topological polar surface area (TPSA) is 6.48 Å². The van der Waals surface area contributed by atoms with Crippen molar-refractivity contribution in [1.82, 2.24) is 4.90 Å². The normalized spacial score (nSPS) is 23.0. The van der Waals surface area contributed by atoms with E-state index in [1.54, 1.807) is 0 Å². The first-order chi connectivity index (χ1) is 6.20. The number of fused-ring (bicyclic) bond motifs is 1. The Morgan fingerprint density at radius 2 is 1.92 bits per heavy atom. The third-order valence-electron chi connectivity index (χ3n) is 2.99. The van der Waals surface area contributed by atoms with Gasteiger partial charge in [0.05, 0.1) is 6.17 Å². The molecule has 0 aliphatic carbocycles. The Morgan fingerprint density at radius 1 is 1.23 bits per heavy atom. The molecule has 1 aromatic rings. The Kier molecular flexibility index (Phi) is 2.00. The molecule has 13 heavy (non-hydrogen) atoms. The summed E-state index contributed by atoms with van der Waals surface area (Å²) < 4.78 is 0. The first kappa shape index (κ1) is 8.57. The van der Waals surface area contributed by atoms with Crippen molar-refractivity contribution in [3.8, 4) is 0 Å². The van der Waals surface area contributed by atoms with Gasteiger partial charge in [0, 0.05) is 19.3 Å². The minimum Gasteiger partial charge on any atom is -0.359 e. The Balaban J connectivity index is 2.43. The number of rotatable bonds is 0. The van der Waals surface area contributed by atoms with Crippen LogP contribution in [-0.4, -0.2) is 25.2 Å². The molecule has 2 heteroatoms. The van der Waals surface area contributed by atoms with Crippen molar-refractivity contribution < 1.29 is 0 Å². The highest BCUT2D eigenvalue weighted by molar-refractivity contribution is 5.55. The second-order valence-electron chi connectivity index (χ2n) is 3.79. The fraction of sp³-hybridized carbons (Fsp3) is 0.455. The molecule has 0 radical (unpaired) electrons. The van der Waals surface area contributed by atoms with Crippen molar-refractivity contribution in [3.05, 3.63) is 29.8 Å². The largest absolute Gasteiger partial charge is 0.359 e. The van der Waals surface area contributed by atoms with E-state index in [2.05, 4.69) is 55.1 Å². The average Bonchev–Trinajstić information content (AvgIpc) is 2.15. The molecule has 1 aliphatic rings. The van der Waals surface area contributed by atoms with Crippen LogP contribution in [-0.2, 0) is 6.54 Å². The van der Waals surface area contributed by atoms with Gasteiger partial charge >= 0.3 is 0 Å². The number of para-hydroxylation sites is 1. The fourth-order valence-corrected chi connectivity index (χ4v) is 1.89. The maximum Gasteiger partial charge on any atom is 0.0789 e. The van der Waals surface area contributed by atoms with Crippen LogP contribution in [0.1, 0.15) is 12.5 Å². The number of benzene rings is 1. The van der Waals surface area contributed by atoms with Gasteiger partial charge in [-0.3, -0.25) is 4.90 Å². The fourth-order valence-electron chi connectivity index (χ4n) is 1.89. The van der Waals surface area contributed by atoms with Crippen LogP contribution >= 0.6 is 0 Å². The van der Waals surface area contributed by atoms with E-state index in [0.717, 1.165) is 6.54 Å². The Labute approximate surface area is 79.8 Å². The van der Waals surface area contributed by atoms with E-state index in [1.807, 2.05) is 0 Å². The van der Waals surface area contributed by atoms with Crippen LogP contribution in [0.2, 0.25) is 0 Å². The zero-order valence-corrected chi connectivity index (χ0v) is 8.49. The number of nitrogens with zero attached hydrogens (tertiary/aromatic N) is 2. The second kappa shape index (κ2) is 3.04. The summed E-state index contributed by atoms with van der Waals surface area (Å²) in [6.07, 6.45) is 0.495. The van der Waals surface area contributed by atoms with Gasteiger partial charge in [-0.2, -0.15) is 0 Å². The highest BCUT2D eigenvalue weighted by atomic mass is 15.3. The summed E-state index contributed by atoms with van der Waals surface area (Å²) in [6, 6.07) is 8.61. The molecule has 0 saturated carbocycles. The molecule has 1 heterocycles. The van der Waals surface area contributed by atoms with Gasteiger partial charge in [-0.1, -0.05) is 18.2 Å². The maximum atomic E-state index is 2.35. The standard InChI is InChI=1S/C11H16N2/c1-9-12(2)8-10-6-4-5-7-11(10)13(9)3/h4-7,9H,8H2,1-3H3/t9-/m0/s1. The van der Waals surface area contributed by atoms with Gasteiger partial charge in [0.1, 0.15) is 0 Å². The van der Waals surface area contributed by atoms with Gasteiger partial charge in [-0.15, -0.1) is 0 Å². The lowest BCUT2D eigenvalue weighted by Gasteiger charge is -2.40. The summed E-state index contributed by atoms with van der Waals surface area (Å²) in [5, 5.41) is 0. The quantitative estimate of drug-likeness (QED) is 0.596. The highest BCUT2D eigenvalue weighted by Gasteiger charge is 2.22. The lowest BCUT2D eigenvalue weighted by atomic mass is 10.1. The third-order valence-corrected chi connectivity index (χ3v) is 2.99. The van der Waals surface area contributed by atoms with Crippen LogP contribution in [0.3, 0.4) is 0 Å². The van der Waals surface area contributed by atoms with Gasteiger partial charge in [0.2, 0.25) is 0 Å². The molecule has 1 atom stereocenters. The summed E-state index contributed by atoms with van der Waals surface area (Å²) in [4.78, 5) is 4.67. The van der Waals surface area contributed by atoms with Crippen LogP contribution in [0.25, 0.3) is 0 Å². The van der Waals surface area contributed by atoms with E-state index in [1.165, 1.54) is 11.3 Å². The SMILES string of the molecule is C[C@H]1N(C)Cc2ccccc2N1C. The van der Waals surface area contributed by atoms with E-state index in [9.17, 15) is 0 Å². The Hall–Kier alpha value is -1.02. The monoisotopic (exact) mass is 176 g/mol. The molecule has 0 fully saturated rings. The Bertz CT molecular complexity index is 309. The molecule has 1 aromatic carbocycles. The van der Waals surface area contributed by atoms with Crippen molar-refractivity contribution in [2.24, 2.45) is 0 Å². The van der Waals surface area contributed by atoms with Gasteiger partial charge in [0.15, 0.2) is 0 Å². The zero-order valence-electron chi connectivity index (χ0n) is 8.49. The van der Waals surface area contributed by atoms with Gasteiger partial charge in [-0.05, 0) is 25.6 Å². The van der Waals surface area contributed by atoms with Crippen molar-refractivity contribution in [1.29, 1.82) is 0 Å². The van der Waals surface area contributed by atoms with E-state index in [-0.39, 0.29) is 0 Å². The maximum absolute atomic E-state index is 2.35. The molecule has 0 amide bonds.